The quantitative estimate of drug-likeness (QED) is 0.673. The molecule has 0 fully saturated rings. The van der Waals surface area contributed by atoms with Gasteiger partial charge in [-0.05, 0) is 18.2 Å². The molecule has 1 atom stereocenters. The number of rotatable bonds is 4. The van der Waals surface area contributed by atoms with Gasteiger partial charge in [0.05, 0.1) is 11.8 Å². The number of halogens is 2. The zero-order valence-corrected chi connectivity index (χ0v) is 7.50. The van der Waals surface area contributed by atoms with Gasteiger partial charge in [-0.2, -0.15) is 0 Å². The van der Waals surface area contributed by atoms with Crippen molar-refractivity contribution in [1.82, 2.24) is 0 Å². The highest BCUT2D eigenvalue weighted by molar-refractivity contribution is 5.44. The molecule has 0 saturated carbocycles. The summed E-state index contributed by atoms with van der Waals surface area (Å²) in [6.07, 6.45) is -0.766. The molecular weight excluding hydrogens is 190 g/mol. The molecule has 1 aromatic carbocycles. The second-order valence-corrected chi connectivity index (χ2v) is 2.89. The maximum Gasteiger partial charge on any atom is 0.146 e. The first-order valence-electron chi connectivity index (χ1n) is 4.20. The minimum absolute atomic E-state index is 0.0255. The van der Waals surface area contributed by atoms with Crippen molar-refractivity contribution in [3.8, 4) is 0 Å². The van der Waals surface area contributed by atoms with Gasteiger partial charge in [-0.1, -0.05) is 0 Å². The molecule has 1 unspecified atom stereocenters. The van der Waals surface area contributed by atoms with E-state index in [1.165, 1.54) is 0 Å². The van der Waals surface area contributed by atoms with Crippen LogP contribution in [0.15, 0.2) is 18.2 Å². The predicted octanol–water partition coefficient (Wildman–Crippen LogP) is 0.696. The SMILES string of the molecule is NCC(O)CNc1cc(F)ccc1F. The highest BCUT2D eigenvalue weighted by atomic mass is 19.1. The minimum atomic E-state index is -0.766. The van der Waals surface area contributed by atoms with E-state index in [-0.39, 0.29) is 18.8 Å². The maximum atomic E-state index is 13.0. The first-order valence-corrected chi connectivity index (χ1v) is 4.20. The van der Waals surface area contributed by atoms with Crippen molar-refractivity contribution in [2.45, 2.75) is 6.10 Å². The summed E-state index contributed by atoms with van der Waals surface area (Å²) in [5.41, 5.74) is 5.17. The van der Waals surface area contributed by atoms with Crippen LogP contribution >= 0.6 is 0 Å². The van der Waals surface area contributed by atoms with Gasteiger partial charge in [-0.3, -0.25) is 0 Å². The first kappa shape index (κ1) is 10.9. The molecule has 5 heteroatoms. The number of aliphatic hydroxyl groups excluding tert-OH is 1. The summed E-state index contributed by atoms with van der Waals surface area (Å²) in [5, 5.41) is 11.6. The van der Waals surface area contributed by atoms with Crippen molar-refractivity contribution in [3.05, 3.63) is 29.8 Å². The predicted molar refractivity (Wildman–Crippen MR) is 49.9 cm³/mol. The molecule has 1 aromatic rings. The molecule has 0 spiro atoms. The fourth-order valence-corrected chi connectivity index (χ4v) is 0.944. The highest BCUT2D eigenvalue weighted by Gasteiger charge is 2.05. The van der Waals surface area contributed by atoms with E-state index in [0.717, 1.165) is 18.2 Å². The van der Waals surface area contributed by atoms with Crippen molar-refractivity contribution in [1.29, 1.82) is 0 Å². The first-order chi connectivity index (χ1) is 6.63. The molecule has 0 bridgehead atoms. The Bertz CT molecular complexity index is 307. The summed E-state index contributed by atoms with van der Waals surface area (Å²) in [7, 11) is 0. The Morgan fingerprint density at radius 1 is 1.43 bits per heavy atom. The summed E-state index contributed by atoms with van der Waals surface area (Å²) in [6, 6.07) is 3.07. The fraction of sp³-hybridized carbons (Fsp3) is 0.333. The van der Waals surface area contributed by atoms with E-state index < -0.39 is 17.7 Å². The lowest BCUT2D eigenvalue weighted by Crippen LogP contribution is -2.28. The van der Waals surface area contributed by atoms with E-state index in [1.54, 1.807) is 0 Å². The Balaban J connectivity index is 2.62. The minimum Gasteiger partial charge on any atom is -0.390 e. The van der Waals surface area contributed by atoms with Gasteiger partial charge in [0.2, 0.25) is 0 Å². The van der Waals surface area contributed by atoms with Gasteiger partial charge >= 0.3 is 0 Å². The van der Waals surface area contributed by atoms with Crippen molar-refractivity contribution < 1.29 is 13.9 Å². The molecule has 0 aliphatic carbocycles. The van der Waals surface area contributed by atoms with E-state index >= 15 is 0 Å². The molecule has 0 heterocycles. The average Bonchev–Trinajstić information content (AvgIpc) is 2.19. The number of hydrogen-bond acceptors (Lipinski definition) is 3. The zero-order chi connectivity index (χ0) is 10.6. The second kappa shape index (κ2) is 4.88. The van der Waals surface area contributed by atoms with Gasteiger partial charge < -0.3 is 16.2 Å². The third-order valence-corrected chi connectivity index (χ3v) is 1.73. The Morgan fingerprint density at radius 3 is 2.79 bits per heavy atom. The number of nitrogens with one attached hydrogen (secondary N) is 1. The molecule has 4 N–H and O–H groups in total. The van der Waals surface area contributed by atoms with Crippen molar-refractivity contribution in [2.24, 2.45) is 5.73 Å². The topological polar surface area (TPSA) is 58.3 Å². The highest BCUT2D eigenvalue weighted by Crippen LogP contribution is 2.14. The summed E-state index contributed by atoms with van der Waals surface area (Å²) in [4.78, 5) is 0. The van der Waals surface area contributed by atoms with Crippen molar-refractivity contribution in [2.75, 3.05) is 18.4 Å². The van der Waals surface area contributed by atoms with Crippen LogP contribution in [0.3, 0.4) is 0 Å². The van der Waals surface area contributed by atoms with E-state index in [2.05, 4.69) is 5.32 Å². The van der Waals surface area contributed by atoms with Gasteiger partial charge in [-0.25, -0.2) is 8.78 Å². The molecule has 14 heavy (non-hydrogen) atoms. The Morgan fingerprint density at radius 2 is 2.14 bits per heavy atom. The van der Waals surface area contributed by atoms with Gasteiger partial charge in [0.15, 0.2) is 0 Å². The summed E-state index contributed by atoms with van der Waals surface area (Å²) in [5.74, 6) is -1.09. The van der Waals surface area contributed by atoms with Crippen LogP contribution in [0.1, 0.15) is 0 Å². The normalized spacial score (nSPS) is 12.6. The largest absolute Gasteiger partial charge is 0.390 e. The van der Waals surface area contributed by atoms with Gasteiger partial charge in [-0.15, -0.1) is 0 Å². The lowest BCUT2D eigenvalue weighted by atomic mass is 10.2. The van der Waals surface area contributed by atoms with Crippen LogP contribution in [0.4, 0.5) is 14.5 Å². The fourth-order valence-electron chi connectivity index (χ4n) is 0.944. The van der Waals surface area contributed by atoms with Crippen LogP contribution in [0, 0.1) is 11.6 Å². The standard InChI is InChI=1S/C9H12F2N2O/c10-6-1-2-8(11)9(3-6)13-5-7(14)4-12/h1-3,7,13-14H,4-5,12H2. The van der Waals surface area contributed by atoms with E-state index in [0.29, 0.717) is 0 Å². The summed E-state index contributed by atoms with van der Waals surface area (Å²) in [6.45, 7) is 0.167. The van der Waals surface area contributed by atoms with E-state index in [1.807, 2.05) is 0 Å². The number of benzene rings is 1. The van der Waals surface area contributed by atoms with Gasteiger partial charge in [0.25, 0.3) is 0 Å². The van der Waals surface area contributed by atoms with E-state index in [4.69, 9.17) is 10.8 Å². The molecule has 0 aliphatic rings. The van der Waals surface area contributed by atoms with Crippen LogP contribution in [-0.4, -0.2) is 24.3 Å². The third kappa shape index (κ3) is 2.93. The average molecular weight is 202 g/mol. The van der Waals surface area contributed by atoms with Crippen molar-refractivity contribution in [3.63, 3.8) is 0 Å². The number of nitrogens with two attached hydrogens (primary N) is 1. The van der Waals surface area contributed by atoms with Crippen LogP contribution in [0.5, 0.6) is 0 Å². The third-order valence-electron chi connectivity index (χ3n) is 1.73. The number of hydrogen-bond donors (Lipinski definition) is 3. The van der Waals surface area contributed by atoms with Crippen LogP contribution in [0.25, 0.3) is 0 Å². The molecule has 0 amide bonds. The summed E-state index contributed by atoms with van der Waals surface area (Å²) >= 11 is 0. The molecule has 0 aromatic heterocycles. The zero-order valence-electron chi connectivity index (χ0n) is 7.50. The number of aliphatic hydroxyl groups is 1. The molecule has 0 radical (unpaired) electrons. The lowest BCUT2D eigenvalue weighted by Gasteiger charge is -2.11. The molecule has 0 aliphatic heterocycles. The smallest absolute Gasteiger partial charge is 0.146 e. The van der Waals surface area contributed by atoms with Gasteiger partial charge in [0.1, 0.15) is 11.6 Å². The molecule has 78 valence electrons. The second-order valence-electron chi connectivity index (χ2n) is 2.89. The Hall–Kier alpha value is -1.20. The monoisotopic (exact) mass is 202 g/mol. The van der Waals surface area contributed by atoms with Crippen molar-refractivity contribution >= 4 is 5.69 Å². The Labute approximate surface area is 80.5 Å². The van der Waals surface area contributed by atoms with Crippen LogP contribution < -0.4 is 11.1 Å². The van der Waals surface area contributed by atoms with E-state index in [9.17, 15) is 8.78 Å². The summed E-state index contributed by atoms with van der Waals surface area (Å²) < 4.78 is 25.6. The number of anilines is 1. The molecule has 0 saturated heterocycles. The van der Waals surface area contributed by atoms with Crippen LogP contribution in [0.2, 0.25) is 0 Å². The molecular formula is C9H12F2N2O. The Kier molecular flexibility index (Phi) is 3.79. The molecule has 3 nitrogen and oxygen atoms in total. The maximum absolute atomic E-state index is 13.0. The van der Waals surface area contributed by atoms with Gasteiger partial charge in [0, 0.05) is 13.1 Å². The molecule has 1 rings (SSSR count). The van der Waals surface area contributed by atoms with Crippen LogP contribution in [-0.2, 0) is 0 Å². The lowest BCUT2D eigenvalue weighted by molar-refractivity contribution is 0.196.